The highest BCUT2D eigenvalue weighted by Gasteiger charge is 2.12. The van der Waals surface area contributed by atoms with Crippen LogP contribution in [0.2, 0.25) is 0 Å². The van der Waals surface area contributed by atoms with Crippen molar-refractivity contribution in [2.24, 2.45) is 0 Å². The van der Waals surface area contributed by atoms with Crippen LogP contribution < -0.4 is 0 Å². The van der Waals surface area contributed by atoms with Gasteiger partial charge in [0.05, 0.1) is 5.56 Å². The first kappa shape index (κ1) is 18.8. The molecule has 0 radical (unpaired) electrons. The number of hydrogen-bond donors (Lipinski definition) is 1. The number of hydrogen-bond acceptors (Lipinski definition) is 2. The van der Waals surface area contributed by atoms with Crippen molar-refractivity contribution >= 4 is 5.97 Å². The molecular formula is C24H25NO2. The average molecular weight is 359 g/mol. The first-order valence-electron chi connectivity index (χ1n) is 9.45. The molecular weight excluding hydrogens is 334 g/mol. The second-order valence-corrected chi connectivity index (χ2v) is 6.88. The van der Waals surface area contributed by atoms with Crippen molar-refractivity contribution in [3.63, 3.8) is 0 Å². The van der Waals surface area contributed by atoms with Crippen LogP contribution >= 0.6 is 0 Å². The third-order valence-electron chi connectivity index (χ3n) is 4.95. The van der Waals surface area contributed by atoms with Crippen LogP contribution in [0, 0.1) is 6.92 Å². The Morgan fingerprint density at radius 2 is 1.78 bits per heavy atom. The van der Waals surface area contributed by atoms with Crippen molar-refractivity contribution < 1.29 is 9.90 Å². The van der Waals surface area contributed by atoms with Crippen molar-refractivity contribution in [2.75, 3.05) is 0 Å². The number of aromatic nitrogens is 1. The molecule has 3 heteroatoms. The van der Waals surface area contributed by atoms with E-state index in [1.54, 1.807) is 12.1 Å². The third-order valence-corrected chi connectivity index (χ3v) is 4.95. The monoisotopic (exact) mass is 359 g/mol. The molecule has 27 heavy (non-hydrogen) atoms. The zero-order chi connectivity index (χ0) is 19.2. The lowest BCUT2D eigenvalue weighted by Crippen LogP contribution is -2.02. The van der Waals surface area contributed by atoms with E-state index >= 15 is 0 Å². The predicted molar refractivity (Wildman–Crippen MR) is 109 cm³/mol. The highest BCUT2D eigenvalue weighted by atomic mass is 16.4. The van der Waals surface area contributed by atoms with Crippen molar-refractivity contribution in [3.8, 4) is 11.1 Å². The van der Waals surface area contributed by atoms with E-state index in [0.29, 0.717) is 5.56 Å². The third kappa shape index (κ3) is 4.43. The van der Waals surface area contributed by atoms with Crippen LogP contribution in [0.3, 0.4) is 0 Å². The van der Waals surface area contributed by atoms with Crippen molar-refractivity contribution in [1.82, 2.24) is 4.98 Å². The molecule has 1 N–H and O–H groups in total. The molecule has 2 aromatic carbocycles. The van der Waals surface area contributed by atoms with Gasteiger partial charge in [-0.2, -0.15) is 0 Å². The predicted octanol–water partition coefficient (Wildman–Crippen LogP) is 5.69. The zero-order valence-electron chi connectivity index (χ0n) is 15.9. The first-order valence-corrected chi connectivity index (χ1v) is 9.45. The lowest BCUT2D eigenvalue weighted by Gasteiger charge is -2.12. The van der Waals surface area contributed by atoms with Gasteiger partial charge >= 0.3 is 5.97 Å². The van der Waals surface area contributed by atoms with Gasteiger partial charge in [0.25, 0.3) is 0 Å². The maximum Gasteiger partial charge on any atom is 0.336 e. The Labute approximate surface area is 160 Å². The summed E-state index contributed by atoms with van der Waals surface area (Å²) in [5, 5.41) is 9.40. The quantitative estimate of drug-likeness (QED) is 0.589. The smallest absolute Gasteiger partial charge is 0.336 e. The minimum absolute atomic E-state index is 0.329. The Kier molecular flexibility index (Phi) is 6.02. The van der Waals surface area contributed by atoms with Gasteiger partial charge < -0.3 is 5.11 Å². The van der Waals surface area contributed by atoms with E-state index < -0.39 is 5.97 Å². The maximum absolute atomic E-state index is 11.5. The van der Waals surface area contributed by atoms with E-state index in [1.807, 2.05) is 30.5 Å². The normalized spacial score (nSPS) is 10.7. The summed E-state index contributed by atoms with van der Waals surface area (Å²) in [5.74, 6) is -0.902. The molecule has 1 heterocycles. The molecule has 3 rings (SSSR count). The molecule has 0 saturated heterocycles. The molecule has 0 atom stereocenters. The Bertz CT molecular complexity index is 929. The van der Waals surface area contributed by atoms with Gasteiger partial charge in [0.1, 0.15) is 0 Å². The molecule has 138 valence electrons. The van der Waals surface area contributed by atoms with Gasteiger partial charge in [-0.05, 0) is 66.1 Å². The molecule has 0 amide bonds. The van der Waals surface area contributed by atoms with Crippen LogP contribution in [0.25, 0.3) is 11.1 Å². The number of benzene rings is 2. The highest BCUT2D eigenvalue weighted by Crippen LogP contribution is 2.25. The van der Waals surface area contributed by atoms with Gasteiger partial charge in [-0.3, -0.25) is 4.98 Å². The molecule has 0 unspecified atom stereocenters. The van der Waals surface area contributed by atoms with Gasteiger partial charge in [0.15, 0.2) is 0 Å². The number of carboxylic acid groups (broad SMARTS) is 1. The first-order chi connectivity index (χ1) is 13.1. The van der Waals surface area contributed by atoms with Crippen LogP contribution in [-0.4, -0.2) is 16.1 Å². The number of aromatic carboxylic acids is 1. The van der Waals surface area contributed by atoms with Crippen LogP contribution in [0.1, 0.15) is 52.5 Å². The van der Waals surface area contributed by atoms with Crippen molar-refractivity contribution in [3.05, 3.63) is 88.7 Å². The second-order valence-electron chi connectivity index (χ2n) is 6.88. The zero-order valence-corrected chi connectivity index (χ0v) is 15.9. The molecule has 0 bridgehead atoms. The van der Waals surface area contributed by atoms with Crippen LogP contribution in [0.5, 0.6) is 0 Å². The summed E-state index contributed by atoms with van der Waals surface area (Å²) in [6.45, 7) is 4.34. The summed E-state index contributed by atoms with van der Waals surface area (Å²) in [6, 6.07) is 17.4. The van der Waals surface area contributed by atoms with Gasteiger partial charge in [-0.15, -0.1) is 0 Å². The molecule has 0 aliphatic carbocycles. The summed E-state index contributed by atoms with van der Waals surface area (Å²) in [4.78, 5) is 16.1. The Hall–Kier alpha value is -2.94. The SMILES string of the molecule is CCCCc1nccc(C)c1Cc1ccc(-c2ccccc2C(=O)O)cc1. The Morgan fingerprint density at radius 1 is 1.04 bits per heavy atom. The molecule has 3 aromatic rings. The van der Waals surface area contributed by atoms with E-state index in [2.05, 4.69) is 37.0 Å². The highest BCUT2D eigenvalue weighted by molar-refractivity contribution is 5.95. The average Bonchev–Trinajstić information content (AvgIpc) is 2.69. The Morgan fingerprint density at radius 3 is 2.48 bits per heavy atom. The summed E-state index contributed by atoms with van der Waals surface area (Å²) in [7, 11) is 0. The Balaban J connectivity index is 1.87. The van der Waals surface area contributed by atoms with Crippen LogP contribution in [-0.2, 0) is 12.8 Å². The number of rotatable bonds is 7. The van der Waals surface area contributed by atoms with Gasteiger partial charge in [-0.1, -0.05) is 55.8 Å². The van der Waals surface area contributed by atoms with E-state index in [9.17, 15) is 9.90 Å². The molecule has 0 fully saturated rings. The lowest BCUT2D eigenvalue weighted by molar-refractivity contribution is 0.0697. The summed E-state index contributed by atoms with van der Waals surface area (Å²) < 4.78 is 0. The van der Waals surface area contributed by atoms with E-state index in [0.717, 1.165) is 36.8 Å². The maximum atomic E-state index is 11.5. The number of aryl methyl sites for hydroxylation is 2. The molecule has 0 aliphatic rings. The summed E-state index contributed by atoms with van der Waals surface area (Å²) >= 11 is 0. The van der Waals surface area contributed by atoms with E-state index in [-0.39, 0.29) is 0 Å². The van der Waals surface area contributed by atoms with Gasteiger partial charge in [-0.25, -0.2) is 4.79 Å². The van der Waals surface area contributed by atoms with E-state index in [1.165, 1.54) is 22.4 Å². The number of carboxylic acids is 1. The van der Waals surface area contributed by atoms with Crippen LogP contribution in [0.4, 0.5) is 0 Å². The molecule has 3 nitrogen and oxygen atoms in total. The number of unbranched alkanes of at least 4 members (excludes halogenated alkanes) is 1. The van der Waals surface area contributed by atoms with Crippen molar-refractivity contribution in [1.29, 1.82) is 0 Å². The fourth-order valence-electron chi connectivity index (χ4n) is 3.37. The molecule has 0 spiro atoms. The molecule has 0 aliphatic heterocycles. The standard InChI is InChI=1S/C24H25NO2/c1-3-4-9-23-22(17(2)14-15-25-23)16-18-10-12-19(13-11-18)20-7-5-6-8-21(20)24(26)27/h5-8,10-15H,3-4,9,16H2,1-2H3,(H,26,27). The van der Waals surface area contributed by atoms with E-state index in [4.69, 9.17) is 0 Å². The lowest BCUT2D eigenvalue weighted by atomic mass is 9.94. The minimum atomic E-state index is -0.902. The second kappa shape index (κ2) is 8.63. The largest absolute Gasteiger partial charge is 0.478 e. The number of carbonyl (C=O) groups is 1. The molecule has 0 saturated carbocycles. The topological polar surface area (TPSA) is 50.2 Å². The van der Waals surface area contributed by atoms with Crippen LogP contribution in [0.15, 0.2) is 60.8 Å². The minimum Gasteiger partial charge on any atom is -0.478 e. The number of pyridine rings is 1. The van der Waals surface area contributed by atoms with Crippen molar-refractivity contribution in [2.45, 2.75) is 39.5 Å². The van der Waals surface area contributed by atoms with Gasteiger partial charge in [0.2, 0.25) is 0 Å². The number of nitrogens with zero attached hydrogens (tertiary/aromatic N) is 1. The fourth-order valence-corrected chi connectivity index (χ4v) is 3.37. The molecule has 1 aromatic heterocycles. The summed E-state index contributed by atoms with van der Waals surface area (Å²) in [5.41, 5.74) is 6.98. The summed E-state index contributed by atoms with van der Waals surface area (Å²) in [6.07, 6.45) is 6.06. The fraction of sp³-hybridized carbons (Fsp3) is 0.250. The van der Waals surface area contributed by atoms with Gasteiger partial charge in [0, 0.05) is 11.9 Å².